The van der Waals surface area contributed by atoms with E-state index in [1.165, 1.54) is 19.3 Å². The lowest BCUT2D eigenvalue weighted by molar-refractivity contribution is -0.119. The van der Waals surface area contributed by atoms with E-state index < -0.39 is 0 Å². The molecule has 0 spiro atoms. The minimum atomic E-state index is -0.299. The van der Waals surface area contributed by atoms with E-state index in [0.717, 1.165) is 12.0 Å². The summed E-state index contributed by atoms with van der Waals surface area (Å²) in [5, 5.41) is 8.04. The fourth-order valence-corrected chi connectivity index (χ4v) is 2.48. The third-order valence-corrected chi connectivity index (χ3v) is 3.99. The summed E-state index contributed by atoms with van der Waals surface area (Å²) in [5.74, 6) is 0.481. The predicted molar refractivity (Wildman–Crippen MR) is 81.7 cm³/mol. The molecule has 1 aliphatic rings. The Morgan fingerprint density at radius 2 is 1.95 bits per heavy atom. The van der Waals surface area contributed by atoms with Gasteiger partial charge in [0.1, 0.15) is 0 Å². The van der Waals surface area contributed by atoms with Crippen molar-refractivity contribution in [1.82, 2.24) is 16.0 Å². The molecule has 1 fully saturated rings. The van der Waals surface area contributed by atoms with Gasteiger partial charge in [-0.1, -0.05) is 49.6 Å². The number of carbonyl (C=O) groups is 2. The summed E-state index contributed by atoms with van der Waals surface area (Å²) in [5.41, 5.74) is 1.11. The van der Waals surface area contributed by atoms with E-state index in [9.17, 15) is 9.59 Å². The van der Waals surface area contributed by atoms with Crippen LogP contribution in [-0.2, 0) is 4.79 Å². The zero-order chi connectivity index (χ0) is 15.1. The second-order valence-electron chi connectivity index (χ2n) is 5.50. The normalized spacial score (nSPS) is 15.7. The molecule has 0 radical (unpaired) electrons. The lowest BCUT2D eigenvalue weighted by atomic mass is 9.79. The van der Waals surface area contributed by atoms with E-state index in [0.29, 0.717) is 5.92 Å². The minimum absolute atomic E-state index is 0.00110. The van der Waals surface area contributed by atoms with Gasteiger partial charge >= 0.3 is 6.03 Å². The first-order valence-corrected chi connectivity index (χ1v) is 7.49. The van der Waals surface area contributed by atoms with Gasteiger partial charge in [-0.05, 0) is 17.9 Å². The first-order valence-electron chi connectivity index (χ1n) is 7.49. The summed E-state index contributed by atoms with van der Waals surface area (Å²) in [6.45, 7) is -0.00668. The van der Waals surface area contributed by atoms with Crippen LogP contribution in [0, 0.1) is 5.92 Å². The summed E-state index contributed by atoms with van der Waals surface area (Å²) in [4.78, 5) is 23.1. The van der Waals surface area contributed by atoms with Crippen LogP contribution >= 0.6 is 0 Å². The number of likely N-dealkylation sites (N-methyl/N-ethyl adjacent to an activating group) is 1. The van der Waals surface area contributed by atoms with Crippen LogP contribution < -0.4 is 16.0 Å². The molecule has 5 nitrogen and oxygen atoms in total. The molecule has 3 amide bonds. The van der Waals surface area contributed by atoms with Crippen molar-refractivity contribution in [3.63, 3.8) is 0 Å². The Labute approximate surface area is 125 Å². The van der Waals surface area contributed by atoms with Crippen LogP contribution in [0.1, 0.15) is 37.3 Å². The Morgan fingerprint density at radius 1 is 1.24 bits per heavy atom. The Kier molecular flexibility index (Phi) is 5.60. The molecule has 0 aromatic heterocycles. The molecule has 114 valence electrons. The lowest BCUT2D eigenvalue weighted by Gasteiger charge is -2.30. The molecule has 1 saturated carbocycles. The van der Waals surface area contributed by atoms with Crippen molar-refractivity contribution < 1.29 is 9.59 Å². The molecule has 3 N–H and O–H groups in total. The monoisotopic (exact) mass is 289 g/mol. The Bertz CT molecular complexity index is 472. The first-order chi connectivity index (χ1) is 10.2. The molecule has 5 heteroatoms. The Morgan fingerprint density at radius 3 is 2.52 bits per heavy atom. The highest BCUT2D eigenvalue weighted by Crippen LogP contribution is 2.34. The van der Waals surface area contributed by atoms with Gasteiger partial charge in [-0.3, -0.25) is 4.79 Å². The molecule has 0 bridgehead atoms. The number of rotatable bonds is 6. The van der Waals surface area contributed by atoms with Crippen LogP contribution in [0.3, 0.4) is 0 Å². The van der Waals surface area contributed by atoms with Crippen molar-refractivity contribution in [3.8, 4) is 0 Å². The molecule has 1 unspecified atom stereocenters. The number of hydrogen-bond donors (Lipinski definition) is 3. The maximum atomic E-state index is 11.9. The number of nitrogens with one attached hydrogen (secondary N) is 3. The fraction of sp³-hybridized carbons (Fsp3) is 0.500. The molecule has 0 aliphatic heterocycles. The van der Waals surface area contributed by atoms with E-state index in [1.54, 1.807) is 7.05 Å². The topological polar surface area (TPSA) is 70.2 Å². The molecular formula is C16H23N3O2. The molecule has 0 saturated heterocycles. The number of amides is 3. The van der Waals surface area contributed by atoms with Crippen molar-refractivity contribution in [1.29, 1.82) is 0 Å². The fourth-order valence-electron chi connectivity index (χ4n) is 2.48. The number of hydrogen-bond acceptors (Lipinski definition) is 2. The number of benzene rings is 1. The summed E-state index contributed by atoms with van der Waals surface area (Å²) in [6.07, 6.45) is 4.72. The van der Waals surface area contributed by atoms with Crippen LogP contribution in [0.15, 0.2) is 30.3 Å². The van der Waals surface area contributed by atoms with Gasteiger partial charge in [0.2, 0.25) is 5.91 Å². The van der Waals surface area contributed by atoms with Gasteiger partial charge < -0.3 is 16.0 Å². The second kappa shape index (κ2) is 7.67. The van der Waals surface area contributed by atoms with Crippen molar-refractivity contribution in [3.05, 3.63) is 35.9 Å². The van der Waals surface area contributed by atoms with E-state index >= 15 is 0 Å². The molecular weight excluding hydrogens is 266 g/mol. The average molecular weight is 289 g/mol. The molecule has 0 heterocycles. The first kappa shape index (κ1) is 15.4. The quantitative estimate of drug-likeness (QED) is 0.749. The van der Waals surface area contributed by atoms with E-state index in [-0.39, 0.29) is 24.5 Å². The lowest BCUT2D eigenvalue weighted by Crippen LogP contribution is -2.43. The van der Waals surface area contributed by atoms with Gasteiger partial charge in [0.15, 0.2) is 0 Å². The second-order valence-corrected chi connectivity index (χ2v) is 5.50. The third-order valence-electron chi connectivity index (χ3n) is 3.99. The standard InChI is InChI=1S/C16H23N3O2/c1-17-15(20)11-18-16(21)19-14(10-12-6-5-7-12)13-8-3-2-4-9-13/h2-4,8-9,12,14H,5-7,10-11H2,1H3,(H,17,20)(H2,18,19,21). The Hall–Kier alpha value is -2.04. The predicted octanol–water partition coefficient (Wildman–Crippen LogP) is 1.96. The number of carbonyl (C=O) groups excluding carboxylic acids is 2. The third kappa shape index (κ3) is 4.77. The van der Waals surface area contributed by atoms with Crippen LogP contribution in [0.5, 0.6) is 0 Å². The van der Waals surface area contributed by atoms with Crippen molar-refractivity contribution >= 4 is 11.9 Å². The maximum absolute atomic E-state index is 11.9. The van der Waals surface area contributed by atoms with Crippen LogP contribution in [-0.4, -0.2) is 25.5 Å². The van der Waals surface area contributed by atoms with Gasteiger partial charge in [-0.15, -0.1) is 0 Å². The zero-order valence-electron chi connectivity index (χ0n) is 12.4. The molecule has 1 aromatic carbocycles. The summed E-state index contributed by atoms with van der Waals surface area (Å²) < 4.78 is 0. The highest BCUT2D eigenvalue weighted by atomic mass is 16.2. The zero-order valence-corrected chi connectivity index (χ0v) is 12.4. The van der Waals surface area contributed by atoms with Gasteiger partial charge in [0.05, 0.1) is 12.6 Å². The molecule has 2 rings (SSSR count). The van der Waals surface area contributed by atoms with Crippen LogP contribution in [0.4, 0.5) is 4.79 Å². The van der Waals surface area contributed by atoms with Crippen LogP contribution in [0.25, 0.3) is 0 Å². The van der Waals surface area contributed by atoms with Gasteiger partial charge in [0.25, 0.3) is 0 Å². The molecule has 1 atom stereocenters. The largest absolute Gasteiger partial charge is 0.358 e. The summed E-state index contributed by atoms with van der Waals surface area (Å²) in [6, 6.07) is 9.69. The molecule has 1 aromatic rings. The van der Waals surface area contributed by atoms with Crippen molar-refractivity contribution in [2.45, 2.75) is 31.7 Å². The van der Waals surface area contributed by atoms with E-state index in [2.05, 4.69) is 16.0 Å². The number of urea groups is 1. The smallest absolute Gasteiger partial charge is 0.315 e. The minimum Gasteiger partial charge on any atom is -0.358 e. The van der Waals surface area contributed by atoms with Gasteiger partial charge in [-0.25, -0.2) is 4.79 Å². The summed E-state index contributed by atoms with van der Waals surface area (Å²) in [7, 11) is 1.55. The van der Waals surface area contributed by atoms with Crippen molar-refractivity contribution in [2.75, 3.05) is 13.6 Å². The highest BCUT2D eigenvalue weighted by Gasteiger charge is 2.24. The van der Waals surface area contributed by atoms with Crippen molar-refractivity contribution in [2.24, 2.45) is 5.92 Å². The summed E-state index contributed by atoms with van der Waals surface area (Å²) >= 11 is 0. The van der Waals surface area contributed by atoms with Gasteiger partial charge in [0, 0.05) is 7.05 Å². The molecule has 21 heavy (non-hydrogen) atoms. The Balaban J connectivity index is 1.92. The average Bonchev–Trinajstić information content (AvgIpc) is 2.48. The molecule has 1 aliphatic carbocycles. The SMILES string of the molecule is CNC(=O)CNC(=O)NC(CC1CCC1)c1ccccc1. The maximum Gasteiger partial charge on any atom is 0.315 e. The van der Waals surface area contributed by atoms with E-state index in [1.807, 2.05) is 30.3 Å². The highest BCUT2D eigenvalue weighted by molar-refractivity contribution is 5.83. The van der Waals surface area contributed by atoms with Gasteiger partial charge in [-0.2, -0.15) is 0 Å². The van der Waals surface area contributed by atoms with E-state index in [4.69, 9.17) is 0 Å². The van der Waals surface area contributed by atoms with Crippen LogP contribution in [0.2, 0.25) is 0 Å².